The molecule has 2 N–H and O–H groups in total. The monoisotopic (exact) mass is 211 g/mol. The van der Waals surface area contributed by atoms with E-state index in [2.05, 4.69) is 6.92 Å². The third-order valence-electron chi connectivity index (χ3n) is 3.90. The Labute approximate surface area is 95.8 Å². The van der Waals surface area contributed by atoms with Gasteiger partial charge in [-0.3, -0.25) is 0 Å². The lowest BCUT2D eigenvalue weighted by atomic mass is 9.84. The zero-order valence-corrected chi connectivity index (χ0v) is 10.5. The fourth-order valence-corrected chi connectivity index (χ4v) is 2.78. The van der Waals surface area contributed by atoms with Gasteiger partial charge in [-0.1, -0.05) is 58.3 Å². The van der Waals surface area contributed by atoms with Crippen molar-refractivity contribution < 1.29 is 0 Å². The van der Waals surface area contributed by atoms with Crippen LogP contribution < -0.4 is 5.73 Å². The minimum Gasteiger partial charge on any atom is -0.327 e. The van der Waals surface area contributed by atoms with Gasteiger partial charge in [0.1, 0.15) is 0 Å². The van der Waals surface area contributed by atoms with E-state index < -0.39 is 0 Å². The predicted octanol–water partition coefficient (Wildman–Crippen LogP) is 4.25. The fourth-order valence-electron chi connectivity index (χ4n) is 2.78. The molecule has 1 aliphatic rings. The highest BCUT2D eigenvalue weighted by Gasteiger charge is 2.17. The highest BCUT2D eigenvalue weighted by Crippen LogP contribution is 2.26. The van der Waals surface area contributed by atoms with E-state index in [0.29, 0.717) is 6.04 Å². The summed E-state index contributed by atoms with van der Waals surface area (Å²) in [5, 5.41) is 0. The smallest absolute Gasteiger partial charge is 0.00671 e. The topological polar surface area (TPSA) is 26.0 Å². The first kappa shape index (κ1) is 13.0. The maximum atomic E-state index is 6.31. The van der Waals surface area contributed by atoms with Gasteiger partial charge < -0.3 is 5.73 Å². The van der Waals surface area contributed by atoms with Gasteiger partial charge in [-0.2, -0.15) is 0 Å². The van der Waals surface area contributed by atoms with Gasteiger partial charge in [-0.05, 0) is 25.2 Å². The summed E-state index contributed by atoms with van der Waals surface area (Å²) in [6, 6.07) is 0.495. The highest BCUT2D eigenvalue weighted by molar-refractivity contribution is 4.74. The van der Waals surface area contributed by atoms with Crippen molar-refractivity contribution in [1.82, 2.24) is 0 Å². The van der Waals surface area contributed by atoms with E-state index in [0.717, 1.165) is 5.92 Å². The van der Waals surface area contributed by atoms with Gasteiger partial charge in [-0.25, -0.2) is 0 Å². The molecule has 0 bridgehead atoms. The van der Waals surface area contributed by atoms with Crippen molar-refractivity contribution in [1.29, 1.82) is 0 Å². The van der Waals surface area contributed by atoms with E-state index in [4.69, 9.17) is 5.73 Å². The first-order valence-corrected chi connectivity index (χ1v) is 7.10. The normalized spacial score (nSPS) is 22.0. The standard InChI is InChI=1S/C14H29N/c1-2-3-7-12-14(15)13-10-8-5-4-6-9-11-13/h13-14H,2-12,15H2,1H3. The van der Waals surface area contributed by atoms with Gasteiger partial charge in [0.05, 0.1) is 0 Å². The Balaban J connectivity index is 2.19. The molecule has 90 valence electrons. The maximum Gasteiger partial charge on any atom is 0.00671 e. The molecule has 0 heterocycles. The molecule has 0 amide bonds. The SMILES string of the molecule is CCCCCC(N)C1CCCCCCC1. The molecule has 1 rings (SSSR count). The van der Waals surface area contributed by atoms with Crippen molar-refractivity contribution in [3.8, 4) is 0 Å². The Kier molecular flexibility index (Phi) is 7.08. The van der Waals surface area contributed by atoms with Crippen molar-refractivity contribution in [3.05, 3.63) is 0 Å². The van der Waals surface area contributed by atoms with Crippen LogP contribution in [-0.4, -0.2) is 6.04 Å². The Hall–Kier alpha value is -0.0400. The molecule has 1 unspecified atom stereocenters. The van der Waals surface area contributed by atoms with Gasteiger partial charge >= 0.3 is 0 Å². The van der Waals surface area contributed by atoms with Crippen LogP contribution in [0.4, 0.5) is 0 Å². The van der Waals surface area contributed by atoms with Gasteiger partial charge in [0.15, 0.2) is 0 Å². The number of hydrogen-bond acceptors (Lipinski definition) is 1. The summed E-state index contributed by atoms with van der Waals surface area (Å²) >= 11 is 0. The van der Waals surface area contributed by atoms with E-state index in [1.165, 1.54) is 70.6 Å². The van der Waals surface area contributed by atoms with Gasteiger partial charge in [-0.15, -0.1) is 0 Å². The fraction of sp³-hybridized carbons (Fsp3) is 1.00. The lowest BCUT2D eigenvalue weighted by Crippen LogP contribution is -2.30. The maximum absolute atomic E-state index is 6.31. The lowest BCUT2D eigenvalue weighted by molar-refractivity contribution is 0.308. The van der Waals surface area contributed by atoms with Crippen LogP contribution in [0, 0.1) is 5.92 Å². The van der Waals surface area contributed by atoms with Crippen LogP contribution in [-0.2, 0) is 0 Å². The molecule has 1 nitrogen and oxygen atoms in total. The zero-order valence-electron chi connectivity index (χ0n) is 10.5. The molecule has 0 radical (unpaired) electrons. The van der Waals surface area contributed by atoms with Crippen molar-refractivity contribution >= 4 is 0 Å². The van der Waals surface area contributed by atoms with Crippen LogP contribution in [0.25, 0.3) is 0 Å². The molecule has 0 aliphatic heterocycles. The first-order chi connectivity index (χ1) is 7.34. The van der Waals surface area contributed by atoms with E-state index in [1.54, 1.807) is 0 Å². The minimum atomic E-state index is 0.495. The summed E-state index contributed by atoms with van der Waals surface area (Å²) < 4.78 is 0. The third-order valence-corrected chi connectivity index (χ3v) is 3.90. The van der Waals surface area contributed by atoms with Crippen LogP contribution in [0.2, 0.25) is 0 Å². The molecule has 0 aromatic rings. The number of hydrogen-bond donors (Lipinski definition) is 1. The predicted molar refractivity (Wildman–Crippen MR) is 67.9 cm³/mol. The van der Waals surface area contributed by atoms with Crippen molar-refractivity contribution in [2.75, 3.05) is 0 Å². The molecule has 1 fully saturated rings. The Morgan fingerprint density at radius 2 is 1.60 bits per heavy atom. The van der Waals surface area contributed by atoms with Crippen LogP contribution in [0.15, 0.2) is 0 Å². The molecule has 0 aromatic carbocycles. The highest BCUT2D eigenvalue weighted by atomic mass is 14.6. The average molecular weight is 211 g/mol. The summed E-state index contributed by atoms with van der Waals surface area (Å²) in [6.45, 7) is 2.27. The first-order valence-electron chi connectivity index (χ1n) is 7.10. The molecule has 1 heteroatoms. The lowest BCUT2D eigenvalue weighted by Gasteiger charge is -2.25. The minimum absolute atomic E-state index is 0.495. The third kappa shape index (κ3) is 5.55. The zero-order chi connectivity index (χ0) is 10.9. The van der Waals surface area contributed by atoms with E-state index >= 15 is 0 Å². The van der Waals surface area contributed by atoms with Crippen LogP contribution in [0.5, 0.6) is 0 Å². The van der Waals surface area contributed by atoms with Crippen LogP contribution in [0.3, 0.4) is 0 Å². The van der Waals surface area contributed by atoms with E-state index in [9.17, 15) is 0 Å². The molecule has 1 saturated carbocycles. The van der Waals surface area contributed by atoms with Crippen molar-refractivity contribution in [3.63, 3.8) is 0 Å². The summed E-state index contributed by atoms with van der Waals surface area (Å²) in [4.78, 5) is 0. The largest absolute Gasteiger partial charge is 0.327 e. The Morgan fingerprint density at radius 1 is 1.00 bits per heavy atom. The van der Waals surface area contributed by atoms with Crippen LogP contribution >= 0.6 is 0 Å². The molecular weight excluding hydrogens is 182 g/mol. The molecule has 0 spiro atoms. The van der Waals surface area contributed by atoms with Crippen molar-refractivity contribution in [2.45, 2.75) is 83.6 Å². The summed E-state index contributed by atoms with van der Waals surface area (Å²) in [5.41, 5.74) is 6.31. The summed E-state index contributed by atoms with van der Waals surface area (Å²) in [6.07, 6.45) is 15.3. The Morgan fingerprint density at radius 3 is 2.20 bits per heavy atom. The second-order valence-electron chi connectivity index (χ2n) is 5.26. The number of rotatable bonds is 5. The second-order valence-corrected chi connectivity index (χ2v) is 5.26. The van der Waals surface area contributed by atoms with Crippen molar-refractivity contribution in [2.24, 2.45) is 11.7 Å². The van der Waals surface area contributed by atoms with E-state index in [1.807, 2.05) is 0 Å². The second kappa shape index (κ2) is 8.15. The van der Waals surface area contributed by atoms with E-state index in [-0.39, 0.29) is 0 Å². The average Bonchev–Trinajstić information content (AvgIpc) is 2.17. The molecule has 0 aromatic heterocycles. The van der Waals surface area contributed by atoms with Gasteiger partial charge in [0.2, 0.25) is 0 Å². The molecule has 1 aliphatic carbocycles. The van der Waals surface area contributed by atoms with Crippen LogP contribution in [0.1, 0.15) is 77.6 Å². The molecule has 0 saturated heterocycles. The summed E-state index contributed by atoms with van der Waals surface area (Å²) in [5.74, 6) is 0.835. The molecule has 1 atom stereocenters. The molecule has 15 heavy (non-hydrogen) atoms. The Bertz CT molecular complexity index is 136. The molecular formula is C14H29N. The number of unbranched alkanes of at least 4 members (excludes halogenated alkanes) is 2. The van der Waals surface area contributed by atoms with Gasteiger partial charge in [0.25, 0.3) is 0 Å². The summed E-state index contributed by atoms with van der Waals surface area (Å²) in [7, 11) is 0. The number of nitrogens with two attached hydrogens (primary N) is 1. The van der Waals surface area contributed by atoms with Gasteiger partial charge in [0, 0.05) is 6.04 Å². The quantitative estimate of drug-likeness (QED) is 0.676.